The number of hydrogen-bond acceptors (Lipinski definition) is 3. The van der Waals surface area contributed by atoms with Crippen LogP contribution in [0.25, 0.3) is 0 Å². The number of carboxylic acids is 1. The first-order chi connectivity index (χ1) is 8.00. The molecular weight excluding hydrogens is 248 g/mol. The van der Waals surface area contributed by atoms with E-state index in [9.17, 15) is 18.4 Å². The van der Waals surface area contributed by atoms with Crippen LogP contribution in [0.15, 0.2) is 0 Å². The molecule has 1 amide bonds. The van der Waals surface area contributed by atoms with Gasteiger partial charge in [-0.05, 0) is 20.8 Å². The van der Waals surface area contributed by atoms with Gasteiger partial charge in [-0.2, -0.15) is 0 Å². The van der Waals surface area contributed by atoms with Gasteiger partial charge in [0.05, 0.1) is 19.0 Å². The van der Waals surface area contributed by atoms with Crippen LogP contribution in [0, 0.1) is 0 Å². The summed E-state index contributed by atoms with van der Waals surface area (Å²) in [6.45, 7) is 4.06. The average molecular weight is 265 g/mol. The molecular formula is C11H17F2NO4. The lowest BCUT2D eigenvalue weighted by molar-refractivity contribution is -0.138. The number of rotatable bonds is 2. The van der Waals surface area contributed by atoms with Crippen molar-refractivity contribution in [2.24, 2.45) is 0 Å². The van der Waals surface area contributed by atoms with E-state index in [1.165, 1.54) is 0 Å². The predicted molar refractivity (Wildman–Crippen MR) is 58.5 cm³/mol. The molecule has 1 N–H and O–H groups in total. The van der Waals surface area contributed by atoms with Gasteiger partial charge in [-0.25, -0.2) is 13.6 Å². The Balaban J connectivity index is 2.77. The second-order valence-corrected chi connectivity index (χ2v) is 5.42. The highest BCUT2D eigenvalue weighted by Gasteiger charge is 2.48. The molecule has 1 rings (SSSR count). The number of carbonyl (C=O) groups excluding carboxylic acids is 1. The second-order valence-electron chi connectivity index (χ2n) is 5.42. The molecule has 0 aliphatic carbocycles. The monoisotopic (exact) mass is 265 g/mol. The van der Waals surface area contributed by atoms with Crippen molar-refractivity contribution in [2.45, 2.75) is 51.2 Å². The molecule has 1 heterocycles. The lowest BCUT2D eigenvalue weighted by Gasteiger charge is -2.27. The maximum absolute atomic E-state index is 13.2. The minimum absolute atomic E-state index is 0.505. The summed E-state index contributed by atoms with van der Waals surface area (Å²) in [5.74, 6) is -4.27. The third kappa shape index (κ3) is 4.12. The van der Waals surface area contributed by atoms with Gasteiger partial charge in [0.1, 0.15) is 5.60 Å². The second kappa shape index (κ2) is 4.70. The van der Waals surface area contributed by atoms with Gasteiger partial charge >= 0.3 is 12.1 Å². The van der Waals surface area contributed by atoms with Crippen molar-refractivity contribution in [2.75, 3.05) is 6.54 Å². The van der Waals surface area contributed by atoms with Crippen LogP contribution in [0.5, 0.6) is 0 Å². The minimum Gasteiger partial charge on any atom is -0.481 e. The third-order valence-corrected chi connectivity index (χ3v) is 2.41. The highest BCUT2D eigenvalue weighted by molar-refractivity contribution is 5.72. The van der Waals surface area contributed by atoms with E-state index >= 15 is 0 Å². The predicted octanol–water partition coefficient (Wildman–Crippen LogP) is 2.11. The summed E-state index contributed by atoms with van der Waals surface area (Å²) >= 11 is 0. The summed E-state index contributed by atoms with van der Waals surface area (Å²) in [4.78, 5) is 23.1. The van der Waals surface area contributed by atoms with Gasteiger partial charge in [0.15, 0.2) is 0 Å². The van der Waals surface area contributed by atoms with Gasteiger partial charge in [0, 0.05) is 6.42 Å². The number of carbonyl (C=O) groups is 2. The Kier molecular flexibility index (Phi) is 3.83. The Hall–Kier alpha value is -1.40. The first-order valence-corrected chi connectivity index (χ1v) is 5.59. The molecule has 7 heteroatoms. The van der Waals surface area contributed by atoms with Crippen LogP contribution in [0.4, 0.5) is 13.6 Å². The van der Waals surface area contributed by atoms with Crippen molar-refractivity contribution in [1.82, 2.24) is 4.90 Å². The van der Waals surface area contributed by atoms with Gasteiger partial charge in [0.25, 0.3) is 5.92 Å². The largest absolute Gasteiger partial charge is 0.481 e. The van der Waals surface area contributed by atoms with Crippen LogP contribution in [0.3, 0.4) is 0 Å². The number of ether oxygens (including phenoxy) is 1. The Morgan fingerprint density at radius 1 is 1.44 bits per heavy atom. The van der Waals surface area contributed by atoms with Crippen LogP contribution in [0.2, 0.25) is 0 Å². The third-order valence-electron chi connectivity index (χ3n) is 2.41. The Morgan fingerprint density at radius 3 is 2.44 bits per heavy atom. The summed E-state index contributed by atoms with van der Waals surface area (Å²) in [5, 5.41) is 8.65. The fourth-order valence-electron chi connectivity index (χ4n) is 1.82. The number of alkyl halides is 2. The summed E-state index contributed by atoms with van der Waals surface area (Å²) < 4.78 is 31.5. The Bertz CT molecular complexity index is 351. The first kappa shape index (κ1) is 14.7. The van der Waals surface area contributed by atoms with E-state index in [0.717, 1.165) is 4.90 Å². The summed E-state index contributed by atoms with van der Waals surface area (Å²) in [7, 11) is 0. The lowest BCUT2D eigenvalue weighted by Crippen LogP contribution is -2.41. The van der Waals surface area contributed by atoms with Crippen molar-refractivity contribution in [3.8, 4) is 0 Å². The smallest absolute Gasteiger partial charge is 0.410 e. The summed E-state index contributed by atoms with van der Waals surface area (Å²) in [6, 6.07) is -1.02. The van der Waals surface area contributed by atoms with Crippen LogP contribution >= 0.6 is 0 Å². The van der Waals surface area contributed by atoms with Gasteiger partial charge in [-0.15, -0.1) is 0 Å². The van der Waals surface area contributed by atoms with E-state index in [0.29, 0.717) is 0 Å². The maximum atomic E-state index is 13.2. The van der Waals surface area contributed by atoms with Crippen LogP contribution < -0.4 is 0 Å². The number of halogens is 2. The van der Waals surface area contributed by atoms with Gasteiger partial charge in [-0.1, -0.05) is 0 Å². The zero-order valence-electron chi connectivity index (χ0n) is 10.6. The van der Waals surface area contributed by atoms with Crippen molar-refractivity contribution in [3.05, 3.63) is 0 Å². The van der Waals surface area contributed by atoms with Crippen LogP contribution in [-0.4, -0.2) is 46.2 Å². The lowest BCUT2D eigenvalue weighted by atomic mass is 10.1. The molecule has 0 radical (unpaired) electrons. The van der Waals surface area contributed by atoms with E-state index in [1.807, 2.05) is 0 Å². The molecule has 0 bridgehead atoms. The van der Waals surface area contributed by atoms with E-state index in [4.69, 9.17) is 9.84 Å². The SMILES string of the molecule is CC(C)(C)OC(=O)N1CC(F)(F)CC1CC(=O)O. The molecule has 0 spiro atoms. The van der Waals surface area contributed by atoms with E-state index < -0.39 is 49.0 Å². The maximum Gasteiger partial charge on any atom is 0.410 e. The number of hydrogen-bond donors (Lipinski definition) is 1. The molecule has 5 nitrogen and oxygen atoms in total. The molecule has 0 aromatic heterocycles. The fourth-order valence-corrected chi connectivity index (χ4v) is 1.82. The number of likely N-dealkylation sites (tertiary alicyclic amines) is 1. The molecule has 0 aromatic rings. The highest BCUT2D eigenvalue weighted by atomic mass is 19.3. The van der Waals surface area contributed by atoms with Crippen molar-refractivity contribution < 1.29 is 28.2 Å². The Labute approximate surface area is 104 Å². The van der Waals surface area contributed by atoms with Crippen molar-refractivity contribution in [3.63, 3.8) is 0 Å². The molecule has 1 atom stereocenters. The van der Waals surface area contributed by atoms with E-state index in [-0.39, 0.29) is 0 Å². The minimum atomic E-state index is -3.06. The molecule has 1 saturated heterocycles. The average Bonchev–Trinajstić information content (AvgIpc) is 2.36. The number of nitrogens with zero attached hydrogens (tertiary/aromatic N) is 1. The molecule has 1 unspecified atom stereocenters. The van der Waals surface area contributed by atoms with Gasteiger partial charge in [0.2, 0.25) is 0 Å². The van der Waals surface area contributed by atoms with Crippen LogP contribution in [0.1, 0.15) is 33.6 Å². The van der Waals surface area contributed by atoms with Gasteiger partial charge in [-0.3, -0.25) is 9.69 Å². The number of aliphatic carboxylic acids is 1. The summed E-state index contributed by atoms with van der Waals surface area (Å²) in [6.07, 6.45) is -2.04. The zero-order valence-corrected chi connectivity index (χ0v) is 10.6. The first-order valence-electron chi connectivity index (χ1n) is 5.59. The van der Waals surface area contributed by atoms with E-state index in [2.05, 4.69) is 0 Å². The standard InChI is InChI=1S/C11H17F2NO4/c1-10(2,3)18-9(17)14-6-11(12,13)5-7(14)4-8(15)16/h7H,4-6H2,1-3H3,(H,15,16). The summed E-state index contributed by atoms with van der Waals surface area (Å²) in [5.41, 5.74) is -0.803. The molecule has 1 aliphatic heterocycles. The highest BCUT2D eigenvalue weighted by Crippen LogP contribution is 2.34. The zero-order chi connectivity index (χ0) is 14.1. The topological polar surface area (TPSA) is 66.8 Å². The normalized spacial score (nSPS) is 22.9. The van der Waals surface area contributed by atoms with Crippen LogP contribution in [-0.2, 0) is 9.53 Å². The fraction of sp³-hybridized carbons (Fsp3) is 0.818. The molecule has 0 aromatic carbocycles. The van der Waals surface area contributed by atoms with Gasteiger partial charge < -0.3 is 9.84 Å². The van der Waals surface area contributed by atoms with Crippen molar-refractivity contribution in [1.29, 1.82) is 0 Å². The molecule has 1 fully saturated rings. The van der Waals surface area contributed by atoms with E-state index in [1.54, 1.807) is 20.8 Å². The quantitative estimate of drug-likeness (QED) is 0.830. The number of carboxylic acid groups (broad SMARTS) is 1. The molecule has 18 heavy (non-hydrogen) atoms. The Morgan fingerprint density at radius 2 is 2.00 bits per heavy atom. The molecule has 104 valence electrons. The molecule has 0 saturated carbocycles. The molecule has 1 aliphatic rings. The number of amides is 1. The van der Waals surface area contributed by atoms with Crippen molar-refractivity contribution >= 4 is 12.1 Å².